The van der Waals surface area contributed by atoms with Gasteiger partial charge in [-0.25, -0.2) is 0 Å². The Labute approximate surface area is 89.5 Å². The predicted octanol–water partition coefficient (Wildman–Crippen LogP) is 2.06. The van der Waals surface area contributed by atoms with Gasteiger partial charge in [0.05, 0.1) is 6.20 Å². The van der Waals surface area contributed by atoms with Gasteiger partial charge in [0.15, 0.2) is 0 Å². The highest BCUT2D eigenvalue weighted by Crippen LogP contribution is 2.18. The van der Waals surface area contributed by atoms with Crippen LogP contribution in [0.5, 0.6) is 0 Å². The zero-order chi connectivity index (χ0) is 10.2. The molecule has 0 unspecified atom stereocenters. The summed E-state index contributed by atoms with van der Waals surface area (Å²) in [6, 6.07) is 0. The van der Waals surface area contributed by atoms with Crippen molar-refractivity contribution >= 4 is 11.8 Å². The second-order valence-electron chi connectivity index (χ2n) is 3.34. The number of hydrogen-bond donors (Lipinski definition) is 1. The Bertz CT molecular complexity index is 250. The molecule has 0 aliphatic carbocycles. The molecular formula is C10H18N2OS. The maximum Gasteiger partial charge on any atom is 0.0625 e. The summed E-state index contributed by atoms with van der Waals surface area (Å²) in [5.74, 6) is 1.15. The first-order chi connectivity index (χ1) is 6.83. The van der Waals surface area contributed by atoms with Crippen LogP contribution < -0.4 is 0 Å². The summed E-state index contributed by atoms with van der Waals surface area (Å²) in [4.78, 5) is 1.25. The Kier molecular flexibility index (Phi) is 5.71. The van der Waals surface area contributed by atoms with Gasteiger partial charge in [-0.1, -0.05) is 12.8 Å². The average Bonchev–Trinajstić information content (AvgIpc) is 2.58. The van der Waals surface area contributed by atoms with Gasteiger partial charge in [-0.3, -0.25) is 4.68 Å². The van der Waals surface area contributed by atoms with E-state index in [-0.39, 0.29) is 0 Å². The van der Waals surface area contributed by atoms with Crippen LogP contribution in [0.1, 0.15) is 25.7 Å². The van der Waals surface area contributed by atoms with E-state index < -0.39 is 0 Å². The molecular weight excluding hydrogens is 196 g/mol. The van der Waals surface area contributed by atoms with E-state index in [1.807, 2.05) is 35.9 Å². The molecule has 14 heavy (non-hydrogen) atoms. The van der Waals surface area contributed by atoms with E-state index in [0.29, 0.717) is 6.61 Å². The third kappa shape index (κ3) is 4.67. The number of nitrogens with zero attached hydrogens (tertiary/aromatic N) is 2. The molecule has 1 heterocycles. The van der Waals surface area contributed by atoms with Crippen LogP contribution >= 0.6 is 11.8 Å². The molecule has 0 spiro atoms. The molecule has 1 aromatic heterocycles. The fraction of sp³-hybridized carbons (Fsp3) is 0.700. The summed E-state index contributed by atoms with van der Waals surface area (Å²) in [7, 11) is 1.94. The van der Waals surface area contributed by atoms with E-state index in [9.17, 15) is 0 Å². The van der Waals surface area contributed by atoms with E-state index in [0.717, 1.165) is 18.6 Å². The fourth-order valence-corrected chi connectivity index (χ4v) is 2.16. The van der Waals surface area contributed by atoms with E-state index >= 15 is 0 Å². The molecule has 0 fully saturated rings. The number of aliphatic hydroxyl groups excluding tert-OH is 1. The normalized spacial score (nSPS) is 10.7. The van der Waals surface area contributed by atoms with E-state index in [4.69, 9.17) is 5.11 Å². The Balaban J connectivity index is 1.99. The monoisotopic (exact) mass is 214 g/mol. The maximum atomic E-state index is 8.59. The van der Waals surface area contributed by atoms with Crippen molar-refractivity contribution in [1.82, 2.24) is 9.78 Å². The zero-order valence-corrected chi connectivity index (χ0v) is 9.46. The van der Waals surface area contributed by atoms with Crippen molar-refractivity contribution in [3.63, 3.8) is 0 Å². The lowest BCUT2D eigenvalue weighted by molar-refractivity contribution is 0.283. The van der Waals surface area contributed by atoms with Crippen LogP contribution in [0.4, 0.5) is 0 Å². The lowest BCUT2D eigenvalue weighted by atomic mass is 10.2. The van der Waals surface area contributed by atoms with Crippen molar-refractivity contribution in [3.8, 4) is 0 Å². The third-order valence-corrected chi connectivity index (χ3v) is 3.04. The third-order valence-electron chi connectivity index (χ3n) is 2.00. The van der Waals surface area contributed by atoms with Crippen molar-refractivity contribution in [2.45, 2.75) is 30.6 Å². The number of aryl methyl sites for hydroxylation is 1. The summed E-state index contributed by atoms with van der Waals surface area (Å²) >= 11 is 1.85. The van der Waals surface area contributed by atoms with E-state index in [1.54, 1.807) is 0 Å². The Morgan fingerprint density at radius 1 is 1.36 bits per heavy atom. The lowest BCUT2D eigenvalue weighted by Gasteiger charge is -1.98. The molecule has 80 valence electrons. The van der Waals surface area contributed by atoms with E-state index in [2.05, 4.69) is 5.10 Å². The second kappa shape index (κ2) is 6.90. The second-order valence-corrected chi connectivity index (χ2v) is 4.50. The predicted molar refractivity (Wildman–Crippen MR) is 59.5 cm³/mol. The molecule has 0 aliphatic heterocycles. The van der Waals surface area contributed by atoms with Crippen LogP contribution in [0.2, 0.25) is 0 Å². The topological polar surface area (TPSA) is 38.0 Å². The van der Waals surface area contributed by atoms with Gasteiger partial charge in [-0.2, -0.15) is 5.10 Å². The fourth-order valence-electron chi connectivity index (χ4n) is 1.23. The molecule has 1 rings (SSSR count). The number of thioether (sulfide) groups is 1. The van der Waals surface area contributed by atoms with Crippen molar-refractivity contribution in [2.24, 2.45) is 7.05 Å². The minimum Gasteiger partial charge on any atom is -0.396 e. The van der Waals surface area contributed by atoms with Gasteiger partial charge in [0.1, 0.15) is 0 Å². The molecule has 4 heteroatoms. The van der Waals surface area contributed by atoms with E-state index in [1.165, 1.54) is 17.7 Å². The molecule has 0 bridgehead atoms. The van der Waals surface area contributed by atoms with Crippen molar-refractivity contribution < 1.29 is 5.11 Å². The van der Waals surface area contributed by atoms with Gasteiger partial charge in [-0.15, -0.1) is 11.8 Å². The molecule has 3 nitrogen and oxygen atoms in total. The summed E-state index contributed by atoms with van der Waals surface area (Å²) in [6.07, 6.45) is 8.46. The zero-order valence-electron chi connectivity index (χ0n) is 8.65. The molecule has 0 aromatic carbocycles. The van der Waals surface area contributed by atoms with Gasteiger partial charge in [0.25, 0.3) is 0 Å². The standard InChI is InChI=1S/C10H18N2OS/c1-12-9-10(8-11-12)14-7-5-3-2-4-6-13/h8-9,13H,2-7H2,1H3. The van der Waals surface area contributed by atoms with Crippen LogP contribution in [0.15, 0.2) is 17.3 Å². The first-order valence-electron chi connectivity index (χ1n) is 5.05. The molecule has 0 aliphatic rings. The number of aliphatic hydroxyl groups is 1. The summed E-state index contributed by atoms with van der Waals surface area (Å²) in [5, 5.41) is 12.7. The highest BCUT2D eigenvalue weighted by molar-refractivity contribution is 7.99. The number of hydrogen-bond acceptors (Lipinski definition) is 3. The largest absolute Gasteiger partial charge is 0.396 e. The number of unbranched alkanes of at least 4 members (excludes halogenated alkanes) is 3. The number of rotatable bonds is 7. The molecule has 1 aromatic rings. The smallest absolute Gasteiger partial charge is 0.0625 e. The van der Waals surface area contributed by atoms with Crippen LogP contribution in [-0.2, 0) is 7.05 Å². The SMILES string of the molecule is Cn1cc(SCCCCCCO)cn1. The summed E-state index contributed by atoms with van der Waals surface area (Å²) < 4.78 is 1.83. The first-order valence-corrected chi connectivity index (χ1v) is 6.04. The highest BCUT2D eigenvalue weighted by atomic mass is 32.2. The molecule has 0 amide bonds. The first kappa shape index (κ1) is 11.6. The van der Waals surface area contributed by atoms with Gasteiger partial charge < -0.3 is 5.11 Å². The Hall–Kier alpha value is -0.480. The highest BCUT2D eigenvalue weighted by Gasteiger charge is 1.96. The van der Waals surface area contributed by atoms with Crippen LogP contribution in [0.3, 0.4) is 0 Å². The summed E-state index contributed by atoms with van der Waals surface area (Å²) in [5.41, 5.74) is 0. The molecule has 1 N–H and O–H groups in total. The summed E-state index contributed by atoms with van der Waals surface area (Å²) in [6.45, 7) is 0.329. The van der Waals surface area contributed by atoms with Gasteiger partial charge in [-0.05, 0) is 18.6 Å². The minimum atomic E-state index is 0.329. The van der Waals surface area contributed by atoms with Crippen molar-refractivity contribution in [2.75, 3.05) is 12.4 Å². The molecule has 0 atom stereocenters. The lowest BCUT2D eigenvalue weighted by Crippen LogP contribution is -1.85. The van der Waals surface area contributed by atoms with Gasteiger partial charge in [0.2, 0.25) is 0 Å². The van der Waals surface area contributed by atoms with Crippen molar-refractivity contribution in [1.29, 1.82) is 0 Å². The molecule has 0 saturated heterocycles. The van der Waals surface area contributed by atoms with Gasteiger partial charge in [0, 0.05) is 24.7 Å². The quantitative estimate of drug-likeness (QED) is 0.558. The average molecular weight is 214 g/mol. The Morgan fingerprint density at radius 3 is 2.79 bits per heavy atom. The van der Waals surface area contributed by atoms with Crippen LogP contribution in [0, 0.1) is 0 Å². The Morgan fingerprint density at radius 2 is 2.14 bits per heavy atom. The molecule has 0 radical (unpaired) electrons. The number of aromatic nitrogens is 2. The van der Waals surface area contributed by atoms with Crippen molar-refractivity contribution in [3.05, 3.63) is 12.4 Å². The van der Waals surface area contributed by atoms with Crippen LogP contribution in [-0.4, -0.2) is 27.2 Å². The van der Waals surface area contributed by atoms with Crippen LogP contribution in [0.25, 0.3) is 0 Å². The molecule has 0 saturated carbocycles. The van der Waals surface area contributed by atoms with Gasteiger partial charge >= 0.3 is 0 Å². The minimum absolute atomic E-state index is 0.329. The maximum absolute atomic E-state index is 8.59.